The van der Waals surface area contributed by atoms with Crippen molar-refractivity contribution in [2.75, 3.05) is 6.61 Å². The summed E-state index contributed by atoms with van der Waals surface area (Å²) < 4.78 is 22.0. The maximum atomic E-state index is 11.8. The van der Waals surface area contributed by atoms with Crippen LogP contribution in [0.25, 0.3) is 32.6 Å². The maximum absolute atomic E-state index is 11.8. The SMILES string of the molecule is BrC1=CCc2ncncc21.C1=Cc2cncnc2C1.C=[C](OCC)[Sn]([CH2]CCC)([CH2]CCC)[CH2]CCC.CC(=O)c1cn(CC(=O)O)c2ncncc12.CC(C)(C)OC(=O)Cn1cc(Br)c2cncnc21. The molecule has 1 N–H and O–H groups in total. The van der Waals surface area contributed by atoms with Gasteiger partial charge in [0.1, 0.15) is 55.3 Å². The number of aromatic nitrogens is 10. The van der Waals surface area contributed by atoms with E-state index in [2.05, 4.69) is 124 Å². The van der Waals surface area contributed by atoms with Crippen molar-refractivity contribution in [2.45, 2.75) is 139 Å². The van der Waals surface area contributed by atoms with Crippen molar-refractivity contribution in [3.8, 4) is 0 Å². The van der Waals surface area contributed by atoms with Crippen LogP contribution in [0.2, 0.25) is 13.3 Å². The van der Waals surface area contributed by atoms with Gasteiger partial charge in [0.25, 0.3) is 0 Å². The molecule has 0 fully saturated rings. The van der Waals surface area contributed by atoms with E-state index in [1.807, 2.05) is 39.4 Å². The number of halogens is 2. The number of Topliss-reactive ketones (excluding diaryl/α,β-unsaturated/α-hetero) is 1. The number of hydrogen-bond donors (Lipinski definition) is 1. The number of nitrogens with zero attached hydrogens (tertiary/aromatic N) is 10. The minimum Gasteiger partial charge on any atom is -0.480 e. The van der Waals surface area contributed by atoms with Crippen LogP contribution < -0.4 is 0 Å². The molecule has 6 heterocycles. The van der Waals surface area contributed by atoms with E-state index < -0.39 is 29.9 Å². The minimum absolute atomic E-state index is 0.135. The molecule has 8 rings (SSSR count). The molecule has 380 valence electrons. The summed E-state index contributed by atoms with van der Waals surface area (Å²) in [5, 5.41) is 10.2. The molecule has 0 saturated carbocycles. The molecule has 71 heavy (non-hydrogen) atoms. The summed E-state index contributed by atoms with van der Waals surface area (Å²) in [7, 11) is 0. The van der Waals surface area contributed by atoms with E-state index >= 15 is 0 Å². The number of hydrogen-bond acceptors (Lipinski definition) is 13. The van der Waals surface area contributed by atoms with Gasteiger partial charge < -0.3 is 19.0 Å². The molecule has 0 aliphatic heterocycles. The van der Waals surface area contributed by atoms with Gasteiger partial charge in [-0.2, -0.15) is 0 Å². The van der Waals surface area contributed by atoms with E-state index in [0.29, 0.717) is 22.2 Å². The fraction of sp³-hybridized carbons (Fsp3) is 0.442. The third-order valence-electron chi connectivity index (χ3n) is 11.3. The first-order chi connectivity index (χ1) is 34.0. The van der Waals surface area contributed by atoms with Crippen LogP contribution in [0.3, 0.4) is 0 Å². The van der Waals surface area contributed by atoms with Crippen LogP contribution in [-0.2, 0) is 45.0 Å². The molecule has 0 radical (unpaired) electrons. The first-order valence-corrected chi connectivity index (χ1v) is 33.1. The third kappa shape index (κ3) is 18.1. The number of carbonyl (C=O) groups excluding carboxylic acids is 2. The molecule has 6 aromatic rings. The number of carbonyl (C=O) groups is 3. The molecule has 6 aromatic heterocycles. The van der Waals surface area contributed by atoms with Crippen LogP contribution in [0.1, 0.15) is 127 Å². The average Bonchev–Trinajstić information content (AvgIpc) is 4.14. The van der Waals surface area contributed by atoms with Gasteiger partial charge in [0.05, 0.1) is 16.8 Å². The van der Waals surface area contributed by atoms with Crippen molar-refractivity contribution in [1.82, 2.24) is 49.0 Å². The zero-order chi connectivity index (χ0) is 52.0. The Morgan fingerprint density at radius 1 is 0.746 bits per heavy atom. The summed E-state index contributed by atoms with van der Waals surface area (Å²) in [4.78, 5) is 65.7. The van der Waals surface area contributed by atoms with E-state index in [1.54, 1.807) is 23.4 Å². The predicted octanol–water partition coefficient (Wildman–Crippen LogP) is 12.0. The second-order valence-electron chi connectivity index (χ2n) is 17.9. The van der Waals surface area contributed by atoms with Gasteiger partial charge in [-0.1, -0.05) is 34.2 Å². The van der Waals surface area contributed by atoms with E-state index in [0.717, 1.165) is 56.3 Å². The fourth-order valence-corrected chi connectivity index (χ4v) is 23.5. The molecule has 0 spiro atoms. The largest absolute Gasteiger partial charge is 0.480 e. The van der Waals surface area contributed by atoms with Crippen LogP contribution >= 0.6 is 31.9 Å². The Kier molecular flexibility index (Phi) is 24.1. The van der Waals surface area contributed by atoms with Gasteiger partial charge in [-0.25, -0.2) is 39.9 Å². The summed E-state index contributed by atoms with van der Waals surface area (Å²) in [5.74, 6) is -1.40. The second kappa shape index (κ2) is 29.3. The number of ketones is 1. The molecular formula is C52H68Br2N10O6Sn. The predicted molar refractivity (Wildman–Crippen MR) is 289 cm³/mol. The molecule has 16 nitrogen and oxygen atoms in total. The smallest absolute Gasteiger partial charge is 0.326 e. The van der Waals surface area contributed by atoms with Gasteiger partial charge in [0.2, 0.25) is 0 Å². The molecule has 0 aromatic carbocycles. The first-order valence-electron chi connectivity index (χ1n) is 24.1. The van der Waals surface area contributed by atoms with Crippen LogP contribution in [0.4, 0.5) is 0 Å². The van der Waals surface area contributed by atoms with Crippen LogP contribution in [0.5, 0.6) is 0 Å². The Morgan fingerprint density at radius 2 is 1.30 bits per heavy atom. The third-order valence-corrected chi connectivity index (χ3v) is 27.7. The Labute approximate surface area is 438 Å². The number of aliphatic carboxylic acids is 1. The monoisotopic (exact) mass is 1210 g/mol. The van der Waals surface area contributed by atoms with Gasteiger partial charge in [-0.3, -0.25) is 14.4 Å². The Balaban J connectivity index is 0.000000197. The van der Waals surface area contributed by atoms with Gasteiger partial charge in [0, 0.05) is 81.1 Å². The standard InChI is InChI=1S/C12H14BrN3O2.C10H9N3O3.C7H5BrN2.C7H6N2.C4H7O.3C4H9.Sn/c1-12(2,3)18-10(17)6-16-5-9(13)8-4-14-7-15-11(8)16;1-6(14)8-3-13(4-9(15)16)10-7(8)2-11-5-12-10;8-6-1-2-7-5(6)3-9-4-10-7;1-2-6-4-8-5-9-7(6)3-1;1-3-5-4-2;3*1-3-4-2;/h4-5,7H,6H2,1-3H3;2-3,5H,4H2,1H3,(H,15,16);1,3-4H,2H2;1-2,4-5H,3H2;1,4H2,2H3;3*1,3-4H2,2H3;. The summed E-state index contributed by atoms with van der Waals surface area (Å²) in [6.45, 7) is 21.0. The second-order valence-corrected chi connectivity index (χ2v) is 32.8. The van der Waals surface area contributed by atoms with Crippen molar-refractivity contribution in [2.24, 2.45) is 0 Å². The zero-order valence-electron chi connectivity index (χ0n) is 42.3. The fourth-order valence-electron chi connectivity index (χ4n) is 7.85. The van der Waals surface area contributed by atoms with Gasteiger partial charge >= 0.3 is 132 Å². The van der Waals surface area contributed by atoms with Crippen LogP contribution in [-0.4, -0.2) is 102 Å². The molecule has 0 amide bonds. The number of esters is 1. The van der Waals surface area contributed by atoms with Crippen LogP contribution in [0.15, 0.2) is 89.5 Å². The summed E-state index contributed by atoms with van der Waals surface area (Å²) in [6, 6.07) is 0. The summed E-state index contributed by atoms with van der Waals surface area (Å²) in [5.41, 5.74) is 5.68. The zero-order valence-corrected chi connectivity index (χ0v) is 48.4. The van der Waals surface area contributed by atoms with Gasteiger partial charge in [-0.15, -0.1) is 0 Å². The molecule has 2 aliphatic carbocycles. The molecule has 0 atom stereocenters. The topological polar surface area (TPSA) is 203 Å². The Hall–Kier alpha value is -5.21. The van der Waals surface area contributed by atoms with Gasteiger partial charge in [0.15, 0.2) is 5.78 Å². The number of carboxylic acids is 1. The van der Waals surface area contributed by atoms with Crippen molar-refractivity contribution < 1.29 is 29.0 Å². The Bertz CT molecular complexity index is 2750. The molecule has 0 saturated heterocycles. The first kappa shape index (κ1) is 58.4. The van der Waals surface area contributed by atoms with E-state index in [1.165, 1.54) is 92.1 Å². The van der Waals surface area contributed by atoms with E-state index in [-0.39, 0.29) is 24.8 Å². The van der Waals surface area contributed by atoms with Gasteiger partial charge in [-0.05, 0) is 43.6 Å². The number of unbranched alkanes of at least 4 members (excludes halogenated alkanes) is 3. The van der Waals surface area contributed by atoms with Crippen molar-refractivity contribution in [3.05, 3.63) is 118 Å². The average molecular weight is 1210 g/mol. The number of carboxylic acid groups (broad SMARTS) is 1. The number of allylic oxidation sites excluding steroid dienone is 2. The normalized spacial score (nSPS) is 12.1. The van der Waals surface area contributed by atoms with E-state index in [9.17, 15) is 14.4 Å². The molecule has 0 bridgehead atoms. The number of fused-ring (bicyclic) bond motifs is 4. The van der Waals surface area contributed by atoms with Crippen molar-refractivity contribution in [1.29, 1.82) is 0 Å². The number of ether oxygens (including phenoxy) is 2. The van der Waals surface area contributed by atoms with Crippen molar-refractivity contribution in [3.63, 3.8) is 0 Å². The Morgan fingerprint density at radius 3 is 1.85 bits per heavy atom. The maximum Gasteiger partial charge on any atom is 0.326 e. The quantitative estimate of drug-likeness (QED) is 0.0391. The van der Waals surface area contributed by atoms with Crippen molar-refractivity contribution >= 4 is 101 Å². The summed E-state index contributed by atoms with van der Waals surface area (Å²) in [6.07, 6.45) is 32.4. The van der Waals surface area contributed by atoms with E-state index in [4.69, 9.17) is 14.6 Å². The number of rotatable bonds is 17. The van der Waals surface area contributed by atoms with Crippen LogP contribution in [0, 0.1) is 0 Å². The molecule has 19 heteroatoms. The molecular weight excluding hydrogens is 1140 g/mol. The molecule has 0 unspecified atom stereocenters. The minimum atomic E-state index is -2.24. The molecule has 2 aliphatic rings. The summed E-state index contributed by atoms with van der Waals surface area (Å²) >= 11 is 4.59.